The van der Waals surface area contributed by atoms with Crippen molar-refractivity contribution in [3.05, 3.63) is 37.9 Å². The van der Waals surface area contributed by atoms with Gasteiger partial charge in [-0.2, -0.15) is 13.2 Å². The van der Waals surface area contributed by atoms with Crippen LogP contribution in [0.4, 0.5) is 18.9 Å². The van der Waals surface area contributed by atoms with Crippen LogP contribution in [0, 0.1) is 0 Å². The number of alkyl halides is 3. The van der Waals surface area contributed by atoms with Crippen LogP contribution in [-0.4, -0.2) is 48.7 Å². The zero-order valence-corrected chi connectivity index (χ0v) is 16.5. The van der Waals surface area contributed by atoms with Gasteiger partial charge >= 0.3 is 12.1 Å². The van der Waals surface area contributed by atoms with E-state index < -0.39 is 29.3 Å². The fraction of sp³-hybridized carbons (Fsp3) is 0.333. The third kappa shape index (κ3) is 4.21. The third-order valence-electron chi connectivity index (χ3n) is 3.56. The van der Waals surface area contributed by atoms with Crippen LogP contribution < -0.4 is 5.32 Å². The highest BCUT2D eigenvalue weighted by Gasteiger charge is 2.39. The summed E-state index contributed by atoms with van der Waals surface area (Å²) in [4.78, 5) is 25.5. The van der Waals surface area contributed by atoms with Gasteiger partial charge in [-0.1, -0.05) is 15.9 Å². The van der Waals surface area contributed by atoms with Crippen LogP contribution >= 0.6 is 31.9 Å². The highest BCUT2D eigenvalue weighted by atomic mass is 79.9. The first-order valence-corrected chi connectivity index (χ1v) is 8.73. The lowest BCUT2D eigenvalue weighted by molar-refractivity contribution is -0.137. The Morgan fingerprint density at radius 3 is 2.58 bits per heavy atom. The Labute approximate surface area is 163 Å². The van der Waals surface area contributed by atoms with Gasteiger partial charge in [0.25, 0.3) is 5.91 Å². The van der Waals surface area contributed by atoms with E-state index in [0.29, 0.717) is 0 Å². The lowest BCUT2D eigenvalue weighted by Crippen LogP contribution is -2.31. The number of nitrogens with one attached hydrogen (secondary N) is 1. The second-order valence-electron chi connectivity index (χ2n) is 5.23. The molecular weight excluding hydrogens is 489 g/mol. The van der Waals surface area contributed by atoms with Gasteiger partial charge in [-0.05, 0) is 28.1 Å². The van der Waals surface area contributed by atoms with Gasteiger partial charge in [0.1, 0.15) is 5.70 Å². The molecule has 1 aromatic rings. The maximum Gasteiger partial charge on any atom is 0.418 e. The molecule has 0 atom stereocenters. The number of hydrogen-bond donors (Lipinski definition) is 2. The van der Waals surface area contributed by atoms with E-state index in [1.807, 2.05) is 0 Å². The monoisotopic (exact) mass is 500 g/mol. The van der Waals surface area contributed by atoms with E-state index in [-0.39, 0.29) is 39.9 Å². The summed E-state index contributed by atoms with van der Waals surface area (Å²) >= 11 is 6.04. The number of carbonyl (C=O) groups excluding carboxylic acids is 2. The first-order valence-electron chi connectivity index (χ1n) is 7.15. The topological polar surface area (TPSA) is 78.9 Å². The smallest absolute Gasteiger partial charge is 0.418 e. The van der Waals surface area contributed by atoms with Crippen LogP contribution in [0.5, 0.6) is 0 Å². The van der Waals surface area contributed by atoms with E-state index in [1.165, 1.54) is 6.07 Å². The van der Waals surface area contributed by atoms with Gasteiger partial charge in [0.15, 0.2) is 0 Å². The van der Waals surface area contributed by atoms with Crippen LogP contribution in [0.25, 0.3) is 0 Å². The zero-order chi connectivity index (χ0) is 19.6. The standard InChI is InChI=1S/C15H13Br2F3N2O4/c1-26-14(25)8-6-22(2-3-23)13(24)11(8)21-12-9(15(18,19)20)4-7(16)5-10(12)17/h4-5,21,23H,2-3,6H2,1H3. The zero-order valence-electron chi connectivity index (χ0n) is 13.3. The number of aliphatic hydroxyl groups is 1. The minimum Gasteiger partial charge on any atom is -0.466 e. The van der Waals surface area contributed by atoms with Gasteiger partial charge in [-0.3, -0.25) is 4.79 Å². The summed E-state index contributed by atoms with van der Waals surface area (Å²) < 4.78 is 45.0. The molecule has 0 spiro atoms. The van der Waals surface area contributed by atoms with Gasteiger partial charge in [-0.25, -0.2) is 4.79 Å². The van der Waals surface area contributed by atoms with E-state index in [9.17, 15) is 22.8 Å². The summed E-state index contributed by atoms with van der Waals surface area (Å²) in [7, 11) is 1.10. The van der Waals surface area contributed by atoms with Gasteiger partial charge in [0.2, 0.25) is 0 Å². The van der Waals surface area contributed by atoms with E-state index in [4.69, 9.17) is 5.11 Å². The summed E-state index contributed by atoms with van der Waals surface area (Å²) in [6.45, 7) is -0.606. The number of methoxy groups -OCH3 is 1. The second kappa shape index (κ2) is 7.97. The summed E-state index contributed by atoms with van der Waals surface area (Å²) in [5.41, 5.74) is -1.87. The number of ether oxygens (including phenoxy) is 1. The Morgan fingerprint density at radius 2 is 2.04 bits per heavy atom. The number of amides is 1. The van der Waals surface area contributed by atoms with Crippen molar-refractivity contribution in [2.75, 3.05) is 32.1 Å². The molecule has 0 aliphatic carbocycles. The number of nitrogens with zero attached hydrogens (tertiary/aromatic N) is 1. The second-order valence-corrected chi connectivity index (χ2v) is 7.00. The fourth-order valence-electron chi connectivity index (χ4n) is 2.40. The van der Waals surface area contributed by atoms with Crippen molar-refractivity contribution in [2.24, 2.45) is 0 Å². The molecule has 0 saturated heterocycles. The summed E-state index contributed by atoms with van der Waals surface area (Å²) in [5, 5.41) is 11.5. The summed E-state index contributed by atoms with van der Waals surface area (Å²) in [6, 6.07) is 2.23. The average molecular weight is 502 g/mol. The van der Waals surface area contributed by atoms with Crippen LogP contribution in [0.2, 0.25) is 0 Å². The van der Waals surface area contributed by atoms with Crippen molar-refractivity contribution in [3.8, 4) is 0 Å². The van der Waals surface area contributed by atoms with E-state index in [0.717, 1.165) is 18.1 Å². The molecule has 142 valence electrons. The third-order valence-corrected chi connectivity index (χ3v) is 4.65. The van der Waals surface area contributed by atoms with Gasteiger partial charge in [0.05, 0.1) is 37.1 Å². The van der Waals surface area contributed by atoms with Crippen molar-refractivity contribution in [1.82, 2.24) is 4.90 Å². The molecule has 0 saturated carbocycles. The molecule has 0 radical (unpaired) electrons. The Kier molecular flexibility index (Phi) is 6.35. The lowest BCUT2D eigenvalue weighted by Gasteiger charge is -2.18. The molecule has 11 heteroatoms. The predicted octanol–water partition coefficient (Wildman–Crippen LogP) is 2.90. The normalized spacial score (nSPS) is 14.9. The number of carbonyl (C=O) groups is 2. The van der Waals surface area contributed by atoms with Gasteiger partial charge in [-0.15, -0.1) is 0 Å². The molecule has 1 aromatic carbocycles. The summed E-state index contributed by atoms with van der Waals surface area (Å²) in [6.07, 6.45) is -4.70. The van der Waals surface area contributed by atoms with Crippen molar-refractivity contribution < 1.29 is 32.6 Å². The first-order chi connectivity index (χ1) is 12.1. The lowest BCUT2D eigenvalue weighted by atomic mass is 10.1. The van der Waals surface area contributed by atoms with E-state index in [1.54, 1.807) is 0 Å². The largest absolute Gasteiger partial charge is 0.466 e. The van der Waals surface area contributed by atoms with Gasteiger partial charge < -0.3 is 20.1 Å². The SMILES string of the molecule is COC(=O)C1=C(Nc2c(Br)cc(Br)cc2C(F)(F)F)C(=O)N(CCO)C1. The maximum absolute atomic E-state index is 13.4. The maximum atomic E-state index is 13.4. The van der Waals surface area contributed by atoms with E-state index in [2.05, 4.69) is 41.9 Å². The fourth-order valence-corrected chi connectivity index (χ4v) is 3.72. The Balaban J connectivity index is 2.54. The number of hydrogen-bond acceptors (Lipinski definition) is 5. The Bertz CT molecular complexity index is 781. The molecule has 1 heterocycles. The minimum atomic E-state index is -4.70. The van der Waals surface area contributed by atoms with Crippen molar-refractivity contribution in [1.29, 1.82) is 0 Å². The molecule has 0 aromatic heterocycles. The number of esters is 1. The number of rotatable bonds is 5. The van der Waals surface area contributed by atoms with Crippen LogP contribution in [0.1, 0.15) is 5.56 Å². The van der Waals surface area contributed by atoms with Crippen LogP contribution in [0.3, 0.4) is 0 Å². The molecule has 1 aliphatic rings. The minimum absolute atomic E-state index is 0.0457. The van der Waals surface area contributed by atoms with Crippen molar-refractivity contribution in [3.63, 3.8) is 0 Å². The van der Waals surface area contributed by atoms with Gasteiger partial charge in [0, 0.05) is 15.5 Å². The van der Waals surface area contributed by atoms with Crippen LogP contribution in [0.15, 0.2) is 32.3 Å². The number of halogens is 5. The molecule has 0 fully saturated rings. The molecule has 26 heavy (non-hydrogen) atoms. The average Bonchev–Trinajstić information content (AvgIpc) is 2.85. The van der Waals surface area contributed by atoms with Crippen molar-refractivity contribution >= 4 is 49.4 Å². The molecule has 1 aliphatic heterocycles. The Hall–Kier alpha value is -1.59. The first kappa shape index (κ1) is 20.7. The quantitative estimate of drug-likeness (QED) is 0.606. The van der Waals surface area contributed by atoms with Crippen molar-refractivity contribution in [2.45, 2.75) is 6.18 Å². The summed E-state index contributed by atoms with van der Waals surface area (Å²) in [5.74, 6) is -1.55. The molecule has 2 rings (SSSR count). The molecule has 6 nitrogen and oxygen atoms in total. The van der Waals surface area contributed by atoms with Crippen LogP contribution in [-0.2, 0) is 20.5 Å². The highest BCUT2D eigenvalue weighted by molar-refractivity contribution is 9.11. The van der Waals surface area contributed by atoms with E-state index >= 15 is 0 Å². The highest BCUT2D eigenvalue weighted by Crippen LogP contribution is 2.42. The predicted molar refractivity (Wildman–Crippen MR) is 93.2 cm³/mol. The number of β-amino-alcohol motifs (C(OH)–C–C–N with tert-alkyl or cyclic N) is 1. The molecule has 0 bridgehead atoms. The molecular formula is C15H13Br2F3N2O4. The molecule has 2 N–H and O–H groups in total. The number of anilines is 1. The molecule has 0 unspecified atom stereocenters. The number of aliphatic hydroxyl groups excluding tert-OH is 1. The molecule has 1 amide bonds. The number of benzene rings is 1. The Morgan fingerprint density at radius 1 is 1.38 bits per heavy atom.